The van der Waals surface area contributed by atoms with Crippen LogP contribution < -0.4 is 5.32 Å². The molecule has 5 heteroatoms. The van der Waals surface area contributed by atoms with Crippen LogP contribution in [-0.4, -0.2) is 16.7 Å². The maximum Gasteiger partial charge on any atom is 0.276 e. The van der Waals surface area contributed by atoms with Gasteiger partial charge < -0.3 is 9.73 Å². The fraction of sp³-hybridized carbons (Fsp3) is 0.429. The second kappa shape index (κ2) is 5.75. The van der Waals surface area contributed by atoms with E-state index in [1.54, 1.807) is 11.8 Å². The third-order valence-corrected chi connectivity index (χ3v) is 4.11. The van der Waals surface area contributed by atoms with Crippen molar-refractivity contribution in [1.82, 2.24) is 15.5 Å². The number of nitrogens with zero attached hydrogens (tertiary/aromatic N) is 2. The van der Waals surface area contributed by atoms with E-state index in [0.717, 1.165) is 24.6 Å². The average molecular weight is 275 g/mol. The molecule has 4 nitrogen and oxygen atoms in total. The van der Waals surface area contributed by atoms with Crippen molar-refractivity contribution in [2.75, 3.05) is 6.54 Å². The zero-order chi connectivity index (χ0) is 13.1. The number of nitrogens with one attached hydrogen (secondary N) is 1. The number of aromatic nitrogens is 2. The lowest BCUT2D eigenvalue weighted by molar-refractivity contribution is 0.374. The van der Waals surface area contributed by atoms with E-state index >= 15 is 0 Å². The molecule has 1 fully saturated rings. The van der Waals surface area contributed by atoms with Gasteiger partial charge in [-0.2, -0.15) is 0 Å². The van der Waals surface area contributed by atoms with Crippen LogP contribution in [0.15, 0.2) is 33.9 Å². The Kier molecular flexibility index (Phi) is 3.84. The van der Waals surface area contributed by atoms with Gasteiger partial charge in [-0.1, -0.05) is 41.6 Å². The standard InChI is InChI=1S/C14H17N3OS/c1-10-4-2-5-11(8-10)9-19-14-17-16-13(18-14)12-6-3-7-15-12/h2,4-5,8,12,15H,3,6-7,9H2,1H3/t12-/m0/s1. The first-order chi connectivity index (χ1) is 9.31. The van der Waals surface area contributed by atoms with Crippen molar-refractivity contribution in [2.45, 2.75) is 36.8 Å². The third-order valence-electron chi connectivity index (χ3n) is 3.23. The maximum atomic E-state index is 5.70. The Morgan fingerprint density at radius 2 is 2.37 bits per heavy atom. The third kappa shape index (κ3) is 3.16. The number of thioether (sulfide) groups is 1. The lowest BCUT2D eigenvalue weighted by Crippen LogP contribution is -2.12. The van der Waals surface area contributed by atoms with Crippen molar-refractivity contribution >= 4 is 11.8 Å². The molecule has 100 valence electrons. The van der Waals surface area contributed by atoms with E-state index in [4.69, 9.17) is 4.42 Å². The van der Waals surface area contributed by atoms with Gasteiger partial charge in [0.15, 0.2) is 0 Å². The Hall–Kier alpha value is -1.33. The molecule has 0 unspecified atom stereocenters. The quantitative estimate of drug-likeness (QED) is 0.869. The Morgan fingerprint density at radius 1 is 1.42 bits per heavy atom. The minimum Gasteiger partial charge on any atom is -0.414 e. The first-order valence-electron chi connectivity index (χ1n) is 6.56. The van der Waals surface area contributed by atoms with Crippen LogP contribution in [0, 0.1) is 6.92 Å². The lowest BCUT2D eigenvalue weighted by Gasteiger charge is -2.02. The molecule has 2 heterocycles. The topological polar surface area (TPSA) is 51.0 Å². The first kappa shape index (κ1) is 12.7. The predicted octanol–water partition coefficient (Wildman–Crippen LogP) is 3.09. The van der Waals surface area contributed by atoms with Crippen LogP contribution >= 0.6 is 11.8 Å². The summed E-state index contributed by atoms with van der Waals surface area (Å²) in [5, 5.41) is 12.3. The van der Waals surface area contributed by atoms with E-state index in [1.165, 1.54) is 17.5 Å². The van der Waals surface area contributed by atoms with Gasteiger partial charge in [0, 0.05) is 5.75 Å². The van der Waals surface area contributed by atoms with Crippen LogP contribution in [0.25, 0.3) is 0 Å². The van der Waals surface area contributed by atoms with Gasteiger partial charge in [-0.25, -0.2) is 0 Å². The van der Waals surface area contributed by atoms with E-state index in [0.29, 0.717) is 5.22 Å². The van der Waals surface area contributed by atoms with Crippen LogP contribution in [0.3, 0.4) is 0 Å². The van der Waals surface area contributed by atoms with Gasteiger partial charge in [0.2, 0.25) is 5.89 Å². The van der Waals surface area contributed by atoms with Crippen molar-refractivity contribution in [2.24, 2.45) is 0 Å². The van der Waals surface area contributed by atoms with E-state index in [2.05, 4.69) is 46.7 Å². The van der Waals surface area contributed by atoms with Gasteiger partial charge in [-0.3, -0.25) is 0 Å². The van der Waals surface area contributed by atoms with Crippen LogP contribution in [-0.2, 0) is 5.75 Å². The molecule has 0 aliphatic carbocycles. The van der Waals surface area contributed by atoms with Gasteiger partial charge in [-0.05, 0) is 31.9 Å². The SMILES string of the molecule is Cc1cccc(CSc2nnc([C@@H]3CCCN3)o2)c1. The molecule has 1 aliphatic heterocycles. The molecule has 0 saturated carbocycles. The van der Waals surface area contributed by atoms with Crippen LogP contribution in [0.1, 0.15) is 35.9 Å². The second-order valence-corrected chi connectivity index (χ2v) is 5.76. The molecule has 0 amide bonds. The normalized spacial score (nSPS) is 18.9. The molecule has 19 heavy (non-hydrogen) atoms. The summed E-state index contributed by atoms with van der Waals surface area (Å²) >= 11 is 1.59. The van der Waals surface area contributed by atoms with Crippen molar-refractivity contribution in [1.29, 1.82) is 0 Å². The summed E-state index contributed by atoms with van der Waals surface area (Å²) in [6.45, 7) is 3.14. The fourth-order valence-corrected chi connectivity index (χ4v) is 2.97. The van der Waals surface area contributed by atoms with Gasteiger partial charge in [0.1, 0.15) is 0 Å². The van der Waals surface area contributed by atoms with Gasteiger partial charge >= 0.3 is 0 Å². The molecule has 2 aromatic rings. The number of aryl methyl sites for hydroxylation is 1. The fourth-order valence-electron chi connectivity index (χ4n) is 2.26. The molecular formula is C14H17N3OS. The van der Waals surface area contributed by atoms with Gasteiger partial charge in [0.25, 0.3) is 5.22 Å². The van der Waals surface area contributed by atoms with Crippen LogP contribution in [0.2, 0.25) is 0 Å². The van der Waals surface area contributed by atoms with E-state index in [1.807, 2.05) is 0 Å². The van der Waals surface area contributed by atoms with Gasteiger partial charge in [0.05, 0.1) is 6.04 Å². The molecule has 0 bridgehead atoms. The highest BCUT2D eigenvalue weighted by atomic mass is 32.2. The second-order valence-electron chi connectivity index (χ2n) is 4.83. The average Bonchev–Trinajstić information content (AvgIpc) is 3.07. The molecule has 1 saturated heterocycles. The lowest BCUT2D eigenvalue weighted by atomic mass is 10.2. The molecule has 3 rings (SSSR count). The summed E-state index contributed by atoms with van der Waals surface area (Å²) in [4.78, 5) is 0. The maximum absolute atomic E-state index is 5.70. The van der Waals surface area contributed by atoms with Crippen molar-refractivity contribution in [3.05, 3.63) is 41.3 Å². The van der Waals surface area contributed by atoms with Crippen molar-refractivity contribution < 1.29 is 4.42 Å². The predicted molar refractivity (Wildman–Crippen MR) is 75.0 cm³/mol. The minimum absolute atomic E-state index is 0.251. The van der Waals surface area contributed by atoms with Crippen LogP contribution in [0.4, 0.5) is 0 Å². The summed E-state index contributed by atoms with van der Waals surface area (Å²) in [5.41, 5.74) is 2.56. The largest absolute Gasteiger partial charge is 0.414 e. The summed E-state index contributed by atoms with van der Waals surface area (Å²) in [6.07, 6.45) is 2.27. The summed E-state index contributed by atoms with van der Waals surface area (Å²) in [5.74, 6) is 1.59. The Balaban J connectivity index is 1.61. The van der Waals surface area contributed by atoms with E-state index in [9.17, 15) is 0 Å². The molecule has 1 atom stereocenters. The van der Waals surface area contributed by atoms with Crippen LogP contribution in [0.5, 0.6) is 0 Å². The highest BCUT2D eigenvalue weighted by molar-refractivity contribution is 7.98. The number of benzene rings is 1. The Bertz CT molecular complexity index is 549. The van der Waals surface area contributed by atoms with Crippen molar-refractivity contribution in [3.63, 3.8) is 0 Å². The zero-order valence-electron chi connectivity index (χ0n) is 10.9. The highest BCUT2D eigenvalue weighted by Gasteiger charge is 2.22. The smallest absolute Gasteiger partial charge is 0.276 e. The zero-order valence-corrected chi connectivity index (χ0v) is 11.7. The molecule has 0 radical (unpaired) electrons. The van der Waals surface area contributed by atoms with E-state index in [-0.39, 0.29) is 6.04 Å². The molecule has 1 N–H and O–H groups in total. The monoisotopic (exact) mass is 275 g/mol. The number of hydrogen-bond acceptors (Lipinski definition) is 5. The molecule has 1 aromatic carbocycles. The first-order valence-corrected chi connectivity index (χ1v) is 7.55. The Labute approximate surface area is 117 Å². The Morgan fingerprint density at radius 3 is 3.16 bits per heavy atom. The molecule has 1 aliphatic rings. The molecule has 0 spiro atoms. The summed E-state index contributed by atoms with van der Waals surface area (Å²) in [7, 11) is 0. The van der Waals surface area contributed by atoms with E-state index < -0.39 is 0 Å². The summed E-state index contributed by atoms with van der Waals surface area (Å²) < 4.78 is 5.70. The molecular weight excluding hydrogens is 258 g/mol. The summed E-state index contributed by atoms with van der Waals surface area (Å²) in [6, 6.07) is 8.73. The highest BCUT2D eigenvalue weighted by Crippen LogP contribution is 2.26. The molecule has 1 aromatic heterocycles. The number of hydrogen-bond donors (Lipinski definition) is 1. The van der Waals surface area contributed by atoms with Gasteiger partial charge in [-0.15, -0.1) is 10.2 Å². The minimum atomic E-state index is 0.251. The van der Waals surface area contributed by atoms with Crippen molar-refractivity contribution in [3.8, 4) is 0 Å². The number of rotatable bonds is 4.